The van der Waals surface area contributed by atoms with Crippen LogP contribution in [0, 0.1) is 0 Å². The van der Waals surface area contributed by atoms with Crippen molar-refractivity contribution in [3.05, 3.63) is 53.5 Å². The molecule has 1 atom stereocenters. The largest absolute Gasteiger partial charge is 0.456 e. The van der Waals surface area contributed by atoms with Crippen LogP contribution in [0.1, 0.15) is 41.8 Å². The number of anilines is 1. The first-order valence-electron chi connectivity index (χ1n) is 6.36. The smallest absolute Gasteiger partial charge is 0.291 e. The molecule has 100 valence electrons. The topological polar surface area (TPSA) is 68.3 Å². The lowest BCUT2D eigenvalue weighted by molar-refractivity contribution is 0.0995. The van der Waals surface area contributed by atoms with Gasteiger partial charge in [0, 0.05) is 18.2 Å². The number of nitrogens with two attached hydrogens (primary N) is 1. The standard InChI is InChI=1S/C15H18N2O2/c1-3-11-8-9-14(19-11)15(18)17-13-7-5-4-6-12(13)10(2)16/h4-10H,3,16H2,1-2H3,(H,17,18). The Morgan fingerprint density at radius 2 is 2.05 bits per heavy atom. The van der Waals surface area contributed by atoms with Crippen molar-refractivity contribution in [2.45, 2.75) is 26.3 Å². The third-order valence-electron chi connectivity index (χ3n) is 2.93. The minimum absolute atomic E-state index is 0.140. The maximum atomic E-state index is 12.1. The van der Waals surface area contributed by atoms with Crippen LogP contribution in [0.25, 0.3) is 0 Å². The normalized spacial score (nSPS) is 12.2. The summed E-state index contributed by atoms with van der Waals surface area (Å²) in [5, 5.41) is 2.83. The molecule has 0 saturated carbocycles. The zero-order chi connectivity index (χ0) is 13.8. The second-order valence-electron chi connectivity index (χ2n) is 4.45. The van der Waals surface area contributed by atoms with E-state index in [-0.39, 0.29) is 11.9 Å². The van der Waals surface area contributed by atoms with Gasteiger partial charge in [0.1, 0.15) is 5.76 Å². The van der Waals surface area contributed by atoms with Gasteiger partial charge in [0.25, 0.3) is 5.91 Å². The number of carbonyl (C=O) groups excluding carboxylic acids is 1. The van der Waals surface area contributed by atoms with Crippen LogP contribution in [0.3, 0.4) is 0 Å². The zero-order valence-electron chi connectivity index (χ0n) is 11.1. The molecular formula is C15H18N2O2. The van der Waals surface area contributed by atoms with Crippen molar-refractivity contribution in [3.63, 3.8) is 0 Å². The summed E-state index contributed by atoms with van der Waals surface area (Å²) in [6.45, 7) is 3.86. The van der Waals surface area contributed by atoms with E-state index < -0.39 is 0 Å². The molecule has 0 radical (unpaired) electrons. The Bertz CT molecular complexity index is 573. The number of carbonyl (C=O) groups is 1. The van der Waals surface area contributed by atoms with Crippen molar-refractivity contribution < 1.29 is 9.21 Å². The number of amides is 1. The number of nitrogens with one attached hydrogen (secondary N) is 1. The minimum atomic E-state index is -0.257. The van der Waals surface area contributed by atoms with Gasteiger partial charge in [-0.25, -0.2) is 0 Å². The maximum Gasteiger partial charge on any atom is 0.291 e. The van der Waals surface area contributed by atoms with E-state index >= 15 is 0 Å². The van der Waals surface area contributed by atoms with Crippen LogP contribution >= 0.6 is 0 Å². The molecule has 0 aliphatic carbocycles. The number of aryl methyl sites for hydroxylation is 1. The Kier molecular flexibility index (Phi) is 4.02. The van der Waals surface area contributed by atoms with Gasteiger partial charge in [-0.05, 0) is 30.7 Å². The Labute approximate surface area is 112 Å². The number of rotatable bonds is 4. The van der Waals surface area contributed by atoms with Gasteiger partial charge in [-0.2, -0.15) is 0 Å². The second kappa shape index (κ2) is 5.71. The van der Waals surface area contributed by atoms with Crippen LogP contribution < -0.4 is 11.1 Å². The quantitative estimate of drug-likeness (QED) is 0.885. The summed E-state index contributed by atoms with van der Waals surface area (Å²) in [5.41, 5.74) is 7.50. The van der Waals surface area contributed by atoms with Crippen molar-refractivity contribution >= 4 is 11.6 Å². The Hall–Kier alpha value is -2.07. The highest BCUT2D eigenvalue weighted by Crippen LogP contribution is 2.21. The van der Waals surface area contributed by atoms with Crippen LogP contribution in [-0.4, -0.2) is 5.91 Å². The number of para-hydroxylation sites is 1. The third-order valence-corrected chi connectivity index (χ3v) is 2.93. The Balaban J connectivity index is 2.19. The molecule has 1 aromatic carbocycles. The number of furan rings is 1. The molecule has 1 heterocycles. The van der Waals surface area contributed by atoms with Crippen LogP contribution in [0.4, 0.5) is 5.69 Å². The highest BCUT2D eigenvalue weighted by atomic mass is 16.3. The fourth-order valence-electron chi connectivity index (χ4n) is 1.88. The van der Waals surface area contributed by atoms with Gasteiger partial charge in [0.2, 0.25) is 0 Å². The second-order valence-corrected chi connectivity index (χ2v) is 4.45. The molecule has 3 N–H and O–H groups in total. The van der Waals surface area contributed by atoms with E-state index in [4.69, 9.17) is 10.2 Å². The Morgan fingerprint density at radius 3 is 2.68 bits per heavy atom. The molecule has 0 fully saturated rings. The van der Waals surface area contributed by atoms with E-state index in [1.165, 1.54) is 0 Å². The molecule has 4 heteroatoms. The van der Waals surface area contributed by atoms with Gasteiger partial charge in [-0.3, -0.25) is 4.79 Å². The van der Waals surface area contributed by atoms with Gasteiger partial charge in [0.15, 0.2) is 5.76 Å². The maximum absolute atomic E-state index is 12.1. The van der Waals surface area contributed by atoms with Crippen LogP contribution in [-0.2, 0) is 6.42 Å². The van der Waals surface area contributed by atoms with Gasteiger partial charge >= 0.3 is 0 Å². The SMILES string of the molecule is CCc1ccc(C(=O)Nc2ccccc2C(C)N)o1. The summed E-state index contributed by atoms with van der Waals surface area (Å²) in [6, 6.07) is 10.9. The van der Waals surface area contributed by atoms with E-state index in [9.17, 15) is 4.79 Å². The Morgan fingerprint density at radius 1 is 1.32 bits per heavy atom. The minimum Gasteiger partial charge on any atom is -0.456 e. The molecule has 1 amide bonds. The summed E-state index contributed by atoms with van der Waals surface area (Å²) in [7, 11) is 0. The van der Waals surface area contributed by atoms with Gasteiger partial charge in [-0.15, -0.1) is 0 Å². The zero-order valence-corrected chi connectivity index (χ0v) is 11.1. The molecule has 0 aliphatic rings. The lowest BCUT2D eigenvalue weighted by Gasteiger charge is -2.12. The molecular weight excluding hydrogens is 240 g/mol. The summed E-state index contributed by atoms with van der Waals surface area (Å²) in [6.07, 6.45) is 0.768. The van der Waals surface area contributed by atoms with Gasteiger partial charge in [0.05, 0.1) is 0 Å². The first-order chi connectivity index (χ1) is 9.11. The average Bonchev–Trinajstić information content (AvgIpc) is 2.88. The average molecular weight is 258 g/mol. The van der Waals surface area contributed by atoms with Crippen LogP contribution in [0.5, 0.6) is 0 Å². The fraction of sp³-hybridized carbons (Fsp3) is 0.267. The molecule has 19 heavy (non-hydrogen) atoms. The monoisotopic (exact) mass is 258 g/mol. The molecule has 2 rings (SSSR count). The van der Waals surface area contributed by atoms with Crippen molar-refractivity contribution in [2.75, 3.05) is 5.32 Å². The lowest BCUT2D eigenvalue weighted by Crippen LogP contribution is -2.15. The molecule has 2 aromatic rings. The van der Waals surface area contributed by atoms with Gasteiger partial charge < -0.3 is 15.5 Å². The molecule has 0 bridgehead atoms. The van der Waals surface area contributed by atoms with Crippen LogP contribution in [0.15, 0.2) is 40.8 Å². The summed E-state index contributed by atoms with van der Waals surface area (Å²) in [5.74, 6) is 0.856. The van der Waals surface area contributed by atoms with E-state index in [1.807, 2.05) is 44.2 Å². The summed E-state index contributed by atoms with van der Waals surface area (Å²) >= 11 is 0. The molecule has 4 nitrogen and oxygen atoms in total. The van der Waals surface area contributed by atoms with Crippen molar-refractivity contribution in [2.24, 2.45) is 5.73 Å². The molecule has 1 aromatic heterocycles. The highest BCUT2D eigenvalue weighted by Gasteiger charge is 2.13. The third kappa shape index (κ3) is 3.03. The van der Waals surface area contributed by atoms with E-state index in [2.05, 4.69) is 5.32 Å². The predicted molar refractivity (Wildman–Crippen MR) is 75.1 cm³/mol. The molecule has 0 spiro atoms. The van der Waals surface area contributed by atoms with E-state index in [1.54, 1.807) is 6.07 Å². The molecule has 1 unspecified atom stereocenters. The molecule has 0 aliphatic heterocycles. The number of benzene rings is 1. The predicted octanol–water partition coefficient (Wildman–Crippen LogP) is 3.11. The van der Waals surface area contributed by atoms with Crippen molar-refractivity contribution in [1.29, 1.82) is 0 Å². The van der Waals surface area contributed by atoms with E-state index in [0.29, 0.717) is 5.76 Å². The lowest BCUT2D eigenvalue weighted by atomic mass is 10.1. The van der Waals surface area contributed by atoms with Crippen molar-refractivity contribution in [3.8, 4) is 0 Å². The summed E-state index contributed by atoms with van der Waals surface area (Å²) < 4.78 is 5.42. The van der Waals surface area contributed by atoms with Gasteiger partial charge in [-0.1, -0.05) is 25.1 Å². The fourth-order valence-corrected chi connectivity index (χ4v) is 1.88. The first kappa shape index (κ1) is 13.4. The highest BCUT2D eigenvalue weighted by molar-refractivity contribution is 6.02. The number of hydrogen-bond donors (Lipinski definition) is 2. The number of hydrogen-bond acceptors (Lipinski definition) is 3. The summed E-state index contributed by atoms with van der Waals surface area (Å²) in [4.78, 5) is 12.1. The van der Waals surface area contributed by atoms with Crippen molar-refractivity contribution in [1.82, 2.24) is 0 Å². The first-order valence-corrected chi connectivity index (χ1v) is 6.36. The van der Waals surface area contributed by atoms with E-state index in [0.717, 1.165) is 23.4 Å². The van der Waals surface area contributed by atoms with Crippen LogP contribution in [0.2, 0.25) is 0 Å². The molecule has 0 saturated heterocycles.